The van der Waals surface area contributed by atoms with E-state index in [1.807, 2.05) is 13.1 Å². The Bertz CT molecular complexity index is 714. The lowest BCUT2D eigenvalue weighted by Gasteiger charge is -1.97. The molecule has 4 nitrogen and oxygen atoms in total. The van der Waals surface area contributed by atoms with Gasteiger partial charge in [0.1, 0.15) is 5.82 Å². The van der Waals surface area contributed by atoms with Crippen molar-refractivity contribution in [2.24, 2.45) is 7.05 Å². The van der Waals surface area contributed by atoms with Gasteiger partial charge in [0.15, 0.2) is 0 Å². The topological polar surface area (TPSA) is 59.6 Å². The lowest BCUT2D eigenvalue weighted by Crippen LogP contribution is -1.96. The van der Waals surface area contributed by atoms with E-state index >= 15 is 0 Å². The second-order valence-electron chi connectivity index (χ2n) is 4.75. The zero-order chi connectivity index (χ0) is 12.9. The second-order valence-corrected chi connectivity index (χ2v) is 4.75. The quantitative estimate of drug-likeness (QED) is 0.687. The third-order valence-electron chi connectivity index (χ3n) is 3.31. The van der Waals surface area contributed by atoms with Crippen molar-refractivity contribution in [3.63, 3.8) is 0 Å². The van der Waals surface area contributed by atoms with Crippen molar-refractivity contribution in [1.82, 2.24) is 14.8 Å². The van der Waals surface area contributed by atoms with Gasteiger partial charge in [0, 0.05) is 35.3 Å². The summed E-state index contributed by atoms with van der Waals surface area (Å²) in [7, 11) is 1.85. The second kappa shape index (κ2) is 3.63. The number of H-pyrrole nitrogens is 1. The molecule has 0 saturated carbocycles. The Kier molecular flexibility index (Phi) is 2.20. The maximum Gasteiger partial charge on any atom is 0.121 e. The number of fused-ring (bicyclic) bond motifs is 1. The van der Waals surface area contributed by atoms with Crippen molar-refractivity contribution >= 4 is 16.7 Å². The molecule has 2 aromatic heterocycles. The highest BCUT2D eigenvalue weighted by molar-refractivity contribution is 5.97. The number of nitrogens with two attached hydrogens (primary N) is 1. The summed E-state index contributed by atoms with van der Waals surface area (Å²) >= 11 is 0. The Balaban J connectivity index is 2.31. The molecule has 3 rings (SSSR count). The van der Waals surface area contributed by atoms with Crippen molar-refractivity contribution in [3.8, 4) is 11.3 Å². The van der Waals surface area contributed by atoms with Crippen LogP contribution >= 0.6 is 0 Å². The highest BCUT2D eigenvalue weighted by Gasteiger charge is 2.14. The van der Waals surface area contributed by atoms with Gasteiger partial charge in [-0.2, -0.15) is 5.10 Å². The van der Waals surface area contributed by atoms with E-state index in [2.05, 4.69) is 42.1 Å². The van der Waals surface area contributed by atoms with Crippen LogP contribution in [0.25, 0.3) is 22.2 Å². The molecule has 4 heteroatoms. The predicted molar refractivity (Wildman–Crippen MR) is 74.4 cm³/mol. The van der Waals surface area contributed by atoms with E-state index in [1.165, 1.54) is 10.9 Å². The first kappa shape index (κ1) is 10.9. The SMILES string of the molecule is Cc1ccc2c(-c3cc(N)n(C)n3)c(C)[nH]c2c1. The monoisotopic (exact) mass is 240 g/mol. The molecule has 2 heterocycles. The van der Waals surface area contributed by atoms with Crippen molar-refractivity contribution in [2.75, 3.05) is 5.73 Å². The number of hydrogen-bond donors (Lipinski definition) is 2. The number of hydrogen-bond acceptors (Lipinski definition) is 2. The fourth-order valence-electron chi connectivity index (χ4n) is 2.38. The summed E-state index contributed by atoms with van der Waals surface area (Å²) in [4.78, 5) is 3.41. The van der Waals surface area contributed by atoms with Crippen molar-refractivity contribution in [3.05, 3.63) is 35.5 Å². The first-order valence-electron chi connectivity index (χ1n) is 5.95. The molecule has 0 bridgehead atoms. The highest BCUT2D eigenvalue weighted by Crippen LogP contribution is 2.32. The largest absolute Gasteiger partial charge is 0.384 e. The Morgan fingerprint density at radius 2 is 2.00 bits per heavy atom. The third kappa shape index (κ3) is 1.49. The van der Waals surface area contributed by atoms with Gasteiger partial charge < -0.3 is 10.7 Å². The van der Waals surface area contributed by atoms with Crippen LogP contribution in [-0.4, -0.2) is 14.8 Å². The summed E-state index contributed by atoms with van der Waals surface area (Å²) in [6.07, 6.45) is 0. The standard InChI is InChI=1S/C14H16N4/c1-8-4-5-10-11(6-8)16-9(2)14(10)12-7-13(15)18(3)17-12/h4-7,16H,15H2,1-3H3. The van der Waals surface area contributed by atoms with Gasteiger partial charge in [-0.05, 0) is 25.5 Å². The zero-order valence-corrected chi connectivity index (χ0v) is 10.8. The number of rotatable bonds is 1. The third-order valence-corrected chi connectivity index (χ3v) is 3.31. The van der Waals surface area contributed by atoms with Crippen LogP contribution in [0.1, 0.15) is 11.3 Å². The molecule has 1 aromatic carbocycles. The van der Waals surface area contributed by atoms with Crippen LogP contribution in [0.15, 0.2) is 24.3 Å². The van der Waals surface area contributed by atoms with E-state index in [1.54, 1.807) is 4.68 Å². The molecule has 3 aromatic rings. The molecule has 0 aliphatic rings. The molecule has 18 heavy (non-hydrogen) atoms. The Labute approximate surface area is 105 Å². The number of benzene rings is 1. The van der Waals surface area contributed by atoms with Gasteiger partial charge in [-0.15, -0.1) is 0 Å². The van der Waals surface area contributed by atoms with E-state index in [4.69, 9.17) is 5.73 Å². The van der Waals surface area contributed by atoms with Crippen LogP contribution in [0.5, 0.6) is 0 Å². The van der Waals surface area contributed by atoms with E-state index in [0.717, 1.165) is 22.5 Å². The molecule has 92 valence electrons. The van der Waals surface area contributed by atoms with E-state index < -0.39 is 0 Å². The summed E-state index contributed by atoms with van der Waals surface area (Å²) in [6, 6.07) is 8.31. The van der Waals surface area contributed by atoms with Crippen molar-refractivity contribution in [1.29, 1.82) is 0 Å². The number of aryl methyl sites for hydroxylation is 3. The maximum atomic E-state index is 5.86. The minimum absolute atomic E-state index is 0.672. The molecule has 0 amide bonds. The highest BCUT2D eigenvalue weighted by atomic mass is 15.3. The van der Waals surface area contributed by atoms with Crippen LogP contribution in [0.2, 0.25) is 0 Å². The number of nitrogen functional groups attached to an aromatic ring is 1. The first-order valence-corrected chi connectivity index (χ1v) is 5.95. The van der Waals surface area contributed by atoms with Crippen LogP contribution < -0.4 is 5.73 Å². The predicted octanol–water partition coefficient (Wildman–Crippen LogP) is 2.77. The Morgan fingerprint density at radius 3 is 2.67 bits per heavy atom. The first-order chi connectivity index (χ1) is 8.56. The van der Waals surface area contributed by atoms with Gasteiger partial charge in [0.05, 0.1) is 5.69 Å². The smallest absolute Gasteiger partial charge is 0.121 e. The summed E-state index contributed by atoms with van der Waals surface area (Å²) in [5.74, 6) is 0.672. The van der Waals surface area contributed by atoms with Crippen LogP contribution in [0.3, 0.4) is 0 Å². The molecule has 0 fully saturated rings. The minimum Gasteiger partial charge on any atom is -0.384 e. The lowest BCUT2D eigenvalue weighted by molar-refractivity contribution is 0.782. The Hall–Kier alpha value is -2.23. The lowest BCUT2D eigenvalue weighted by atomic mass is 10.1. The minimum atomic E-state index is 0.672. The van der Waals surface area contributed by atoms with Gasteiger partial charge in [-0.25, -0.2) is 0 Å². The molecular formula is C14H16N4. The molecular weight excluding hydrogens is 224 g/mol. The fraction of sp³-hybridized carbons (Fsp3) is 0.214. The van der Waals surface area contributed by atoms with E-state index in [0.29, 0.717) is 5.82 Å². The Morgan fingerprint density at radius 1 is 1.22 bits per heavy atom. The van der Waals surface area contributed by atoms with Gasteiger partial charge in [-0.3, -0.25) is 4.68 Å². The summed E-state index contributed by atoms with van der Waals surface area (Å²) in [5, 5.41) is 5.65. The number of nitrogens with zero attached hydrogens (tertiary/aromatic N) is 2. The molecule has 3 N–H and O–H groups in total. The van der Waals surface area contributed by atoms with E-state index in [-0.39, 0.29) is 0 Å². The number of anilines is 1. The number of aromatic nitrogens is 3. The molecule has 0 radical (unpaired) electrons. The molecule has 0 spiro atoms. The molecule has 0 atom stereocenters. The molecule has 0 aliphatic heterocycles. The van der Waals surface area contributed by atoms with Crippen molar-refractivity contribution < 1.29 is 0 Å². The summed E-state index contributed by atoms with van der Waals surface area (Å²) in [5.41, 5.74) is 11.4. The van der Waals surface area contributed by atoms with Gasteiger partial charge in [0.2, 0.25) is 0 Å². The molecule has 0 saturated heterocycles. The zero-order valence-electron chi connectivity index (χ0n) is 10.8. The molecule has 0 aliphatic carbocycles. The van der Waals surface area contributed by atoms with Crippen LogP contribution in [0, 0.1) is 13.8 Å². The summed E-state index contributed by atoms with van der Waals surface area (Å²) < 4.78 is 1.70. The number of aromatic amines is 1. The van der Waals surface area contributed by atoms with Gasteiger partial charge in [-0.1, -0.05) is 12.1 Å². The number of nitrogens with one attached hydrogen (secondary N) is 1. The average molecular weight is 240 g/mol. The fourth-order valence-corrected chi connectivity index (χ4v) is 2.38. The van der Waals surface area contributed by atoms with Gasteiger partial charge >= 0.3 is 0 Å². The van der Waals surface area contributed by atoms with E-state index in [9.17, 15) is 0 Å². The average Bonchev–Trinajstić information content (AvgIpc) is 2.78. The summed E-state index contributed by atoms with van der Waals surface area (Å²) in [6.45, 7) is 4.16. The van der Waals surface area contributed by atoms with Crippen LogP contribution in [0.4, 0.5) is 5.82 Å². The van der Waals surface area contributed by atoms with Crippen LogP contribution in [-0.2, 0) is 7.05 Å². The normalized spacial score (nSPS) is 11.3. The van der Waals surface area contributed by atoms with Crippen molar-refractivity contribution in [2.45, 2.75) is 13.8 Å². The maximum absolute atomic E-state index is 5.86. The van der Waals surface area contributed by atoms with Gasteiger partial charge in [0.25, 0.3) is 0 Å². The molecule has 0 unspecified atom stereocenters.